The Morgan fingerprint density at radius 2 is 1.69 bits per heavy atom. The first-order chi connectivity index (χ1) is 14.0. The van der Waals surface area contributed by atoms with Crippen LogP contribution in [0, 0.1) is 6.92 Å². The van der Waals surface area contributed by atoms with E-state index < -0.39 is 10.0 Å². The fraction of sp³-hybridized carbons (Fsp3) is 0.125. The van der Waals surface area contributed by atoms with Crippen molar-refractivity contribution in [2.45, 2.75) is 19.8 Å². The van der Waals surface area contributed by atoms with E-state index in [1.54, 1.807) is 24.4 Å². The molecule has 0 bridgehead atoms. The van der Waals surface area contributed by atoms with E-state index in [1.807, 2.05) is 67.7 Å². The molecule has 0 spiro atoms. The van der Waals surface area contributed by atoms with E-state index in [1.165, 1.54) is 0 Å². The summed E-state index contributed by atoms with van der Waals surface area (Å²) in [6, 6.07) is 19.0. The first kappa shape index (κ1) is 19.2. The maximum Gasteiger partial charge on any atom is 0.262 e. The minimum absolute atomic E-state index is 0.335. The normalized spacial score (nSPS) is 14.1. The lowest BCUT2D eigenvalue weighted by Crippen LogP contribution is -2.16. The molecule has 1 aromatic heterocycles. The third-order valence-electron chi connectivity index (χ3n) is 5.03. The van der Waals surface area contributed by atoms with E-state index in [9.17, 15) is 8.42 Å². The molecule has 5 heteroatoms. The molecule has 4 rings (SSSR count). The molecule has 4 nitrogen and oxygen atoms in total. The summed E-state index contributed by atoms with van der Waals surface area (Å²) in [6.07, 6.45) is 8.74. The molecular formula is C24H22N2O2S. The number of benzene rings is 2. The summed E-state index contributed by atoms with van der Waals surface area (Å²) in [5, 5.41) is 0. The average Bonchev–Trinajstić information content (AvgIpc) is 2.75. The predicted molar refractivity (Wildman–Crippen MR) is 119 cm³/mol. The van der Waals surface area contributed by atoms with Crippen LogP contribution in [0.3, 0.4) is 0 Å². The quantitative estimate of drug-likeness (QED) is 0.608. The molecule has 2 aromatic carbocycles. The molecule has 0 unspecified atom stereocenters. The Bertz CT molecular complexity index is 1180. The van der Waals surface area contributed by atoms with Crippen molar-refractivity contribution in [3.63, 3.8) is 0 Å². The van der Waals surface area contributed by atoms with Crippen molar-refractivity contribution < 1.29 is 8.42 Å². The number of rotatable bonds is 5. The highest BCUT2D eigenvalue weighted by molar-refractivity contribution is 7.96. The lowest BCUT2D eigenvalue weighted by Gasteiger charge is -2.18. The molecule has 0 amide bonds. The van der Waals surface area contributed by atoms with Gasteiger partial charge in [-0.1, -0.05) is 48.5 Å². The molecule has 0 radical (unpaired) electrons. The van der Waals surface area contributed by atoms with Crippen LogP contribution in [0.1, 0.15) is 24.0 Å². The zero-order valence-electron chi connectivity index (χ0n) is 16.2. The third kappa shape index (κ3) is 4.15. The van der Waals surface area contributed by atoms with E-state index >= 15 is 0 Å². The highest BCUT2D eigenvalue weighted by Crippen LogP contribution is 2.32. The summed E-state index contributed by atoms with van der Waals surface area (Å²) in [6.45, 7) is 2.03. The van der Waals surface area contributed by atoms with E-state index in [4.69, 9.17) is 0 Å². The van der Waals surface area contributed by atoms with E-state index in [-0.39, 0.29) is 0 Å². The van der Waals surface area contributed by atoms with Crippen molar-refractivity contribution in [3.05, 3.63) is 101 Å². The van der Waals surface area contributed by atoms with Crippen molar-refractivity contribution in [1.82, 2.24) is 4.98 Å². The number of allylic oxidation sites excluding steroid dienone is 3. The number of nitrogens with zero attached hydrogens (tertiary/aromatic N) is 1. The van der Waals surface area contributed by atoms with Gasteiger partial charge in [-0.15, -0.1) is 0 Å². The fourth-order valence-electron chi connectivity index (χ4n) is 3.51. The monoisotopic (exact) mass is 402 g/mol. The zero-order chi connectivity index (χ0) is 20.3. The van der Waals surface area contributed by atoms with E-state index in [2.05, 4.69) is 9.71 Å². The molecule has 1 aliphatic carbocycles. The number of anilines is 1. The molecule has 0 saturated heterocycles. The van der Waals surface area contributed by atoms with Crippen molar-refractivity contribution >= 4 is 21.3 Å². The summed E-state index contributed by atoms with van der Waals surface area (Å²) >= 11 is 0. The lowest BCUT2D eigenvalue weighted by molar-refractivity contribution is 0.607. The van der Waals surface area contributed by atoms with Crippen molar-refractivity contribution in [1.29, 1.82) is 0 Å². The van der Waals surface area contributed by atoms with Gasteiger partial charge in [0, 0.05) is 23.6 Å². The molecule has 1 N–H and O–H groups in total. The Hall–Kier alpha value is -3.18. The molecule has 3 aromatic rings. The number of sulfonamides is 1. The molecule has 0 aliphatic heterocycles. The third-order valence-corrected chi connectivity index (χ3v) is 6.49. The Labute approximate surface area is 171 Å². The van der Waals surface area contributed by atoms with Gasteiger partial charge in [-0.05, 0) is 66.3 Å². The van der Waals surface area contributed by atoms with Crippen molar-refractivity contribution in [3.8, 4) is 11.1 Å². The summed E-state index contributed by atoms with van der Waals surface area (Å²) in [7, 11) is -3.69. The Morgan fingerprint density at radius 1 is 0.931 bits per heavy atom. The first-order valence-corrected chi connectivity index (χ1v) is 11.0. The fourth-order valence-corrected chi connectivity index (χ4v) is 4.89. The number of hydrogen-bond acceptors (Lipinski definition) is 3. The van der Waals surface area contributed by atoms with Crippen LogP contribution in [0.5, 0.6) is 0 Å². The Kier molecular flexibility index (Phi) is 5.32. The van der Waals surface area contributed by atoms with Crippen LogP contribution in [-0.2, 0) is 10.0 Å². The van der Waals surface area contributed by atoms with Gasteiger partial charge in [0.25, 0.3) is 10.0 Å². The van der Waals surface area contributed by atoms with Gasteiger partial charge in [-0.2, -0.15) is 0 Å². The van der Waals surface area contributed by atoms with Crippen LogP contribution in [-0.4, -0.2) is 13.4 Å². The minimum atomic E-state index is -3.69. The summed E-state index contributed by atoms with van der Waals surface area (Å²) < 4.78 is 29.0. The summed E-state index contributed by atoms with van der Waals surface area (Å²) in [4.78, 5) is 4.51. The van der Waals surface area contributed by atoms with E-state index in [0.29, 0.717) is 17.0 Å². The zero-order valence-corrected chi connectivity index (χ0v) is 17.0. The number of aryl methyl sites for hydroxylation is 1. The first-order valence-electron chi connectivity index (χ1n) is 9.53. The number of hydrogen-bond donors (Lipinski definition) is 1. The minimum Gasteiger partial charge on any atom is -0.280 e. The summed E-state index contributed by atoms with van der Waals surface area (Å²) in [5.41, 5.74) is 5.49. The van der Waals surface area contributed by atoms with E-state index in [0.717, 1.165) is 34.2 Å². The van der Waals surface area contributed by atoms with Crippen molar-refractivity contribution in [2.24, 2.45) is 0 Å². The summed E-state index contributed by atoms with van der Waals surface area (Å²) in [5.74, 6) is 0. The van der Waals surface area contributed by atoms with Crippen LogP contribution in [0.25, 0.3) is 16.7 Å². The second-order valence-corrected chi connectivity index (χ2v) is 8.67. The second kappa shape index (κ2) is 8.05. The van der Waals surface area contributed by atoms with Crippen LogP contribution in [0.2, 0.25) is 0 Å². The lowest BCUT2D eigenvalue weighted by atomic mass is 9.97. The maximum atomic E-state index is 13.1. The molecule has 1 aliphatic rings. The topological polar surface area (TPSA) is 59.1 Å². The molecule has 0 fully saturated rings. The van der Waals surface area contributed by atoms with Crippen molar-refractivity contribution in [2.75, 3.05) is 4.72 Å². The predicted octanol–water partition coefficient (Wildman–Crippen LogP) is 5.56. The number of pyridine rings is 1. The number of nitrogens with one attached hydrogen (secondary N) is 1. The van der Waals surface area contributed by atoms with Crippen LogP contribution in [0.15, 0.2) is 90.1 Å². The molecule has 0 saturated carbocycles. The molecule has 29 heavy (non-hydrogen) atoms. The van der Waals surface area contributed by atoms with Gasteiger partial charge in [-0.3, -0.25) is 9.71 Å². The SMILES string of the molecule is Cc1ccncc1-c1ccc(NS(=O)(=O)C2=C(c3ccccc3)CCC=C2)cc1. The highest BCUT2D eigenvalue weighted by Gasteiger charge is 2.22. The second-order valence-electron chi connectivity index (χ2n) is 7.02. The van der Waals surface area contributed by atoms with Gasteiger partial charge in [0.2, 0.25) is 0 Å². The number of aromatic nitrogens is 1. The molecule has 0 atom stereocenters. The van der Waals surface area contributed by atoms with Gasteiger partial charge in [0.05, 0.1) is 4.91 Å². The van der Waals surface area contributed by atoms with Gasteiger partial charge >= 0.3 is 0 Å². The van der Waals surface area contributed by atoms with Crippen LogP contribution in [0.4, 0.5) is 5.69 Å². The van der Waals surface area contributed by atoms with Gasteiger partial charge in [0.1, 0.15) is 0 Å². The highest BCUT2D eigenvalue weighted by atomic mass is 32.2. The molecular weight excluding hydrogens is 380 g/mol. The standard InChI is InChI=1S/C24H22N2O2S/c1-18-15-16-25-17-23(18)20-11-13-21(14-12-20)26-29(27,28)24-10-6-5-9-22(24)19-7-3-2-4-8-19/h2-4,6-8,10-17,26H,5,9H2,1H3. The van der Waals surface area contributed by atoms with Crippen LogP contribution >= 0.6 is 0 Å². The van der Waals surface area contributed by atoms with Gasteiger partial charge in [-0.25, -0.2) is 8.42 Å². The Morgan fingerprint density at radius 3 is 2.41 bits per heavy atom. The maximum absolute atomic E-state index is 13.1. The molecule has 1 heterocycles. The Balaban J connectivity index is 1.64. The smallest absolute Gasteiger partial charge is 0.262 e. The van der Waals surface area contributed by atoms with Crippen LogP contribution < -0.4 is 4.72 Å². The largest absolute Gasteiger partial charge is 0.280 e. The van der Waals surface area contributed by atoms with Gasteiger partial charge < -0.3 is 0 Å². The van der Waals surface area contributed by atoms with Gasteiger partial charge in [0.15, 0.2) is 0 Å². The average molecular weight is 403 g/mol. The molecule has 146 valence electrons.